The van der Waals surface area contributed by atoms with Crippen LogP contribution in [0.2, 0.25) is 0 Å². The van der Waals surface area contributed by atoms with Gasteiger partial charge in [-0.2, -0.15) is 10.2 Å². The van der Waals surface area contributed by atoms with Gasteiger partial charge in [-0.3, -0.25) is 14.3 Å². The fraction of sp³-hybridized carbons (Fsp3) is 0.364. The summed E-state index contributed by atoms with van der Waals surface area (Å²) in [5, 5.41) is 8.60. The first-order chi connectivity index (χ1) is 14.1. The number of aromatic nitrogens is 4. The van der Waals surface area contributed by atoms with Crippen molar-refractivity contribution in [3.8, 4) is 5.69 Å². The fourth-order valence-electron chi connectivity index (χ4n) is 3.37. The number of hydrogen-bond acceptors (Lipinski definition) is 5. The molecule has 1 saturated carbocycles. The zero-order valence-electron chi connectivity index (χ0n) is 16.5. The highest BCUT2D eigenvalue weighted by atomic mass is 16.5. The smallest absolute Gasteiger partial charge is 0.310 e. The van der Waals surface area contributed by atoms with Crippen molar-refractivity contribution in [3.05, 3.63) is 76.0 Å². The van der Waals surface area contributed by atoms with Crippen LogP contribution in [0.25, 0.3) is 5.69 Å². The van der Waals surface area contributed by atoms with E-state index in [0.29, 0.717) is 24.6 Å². The molecule has 0 N–H and O–H groups in total. The average molecular weight is 392 g/mol. The van der Waals surface area contributed by atoms with E-state index in [1.54, 1.807) is 21.8 Å². The molecular weight excluding hydrogens is 368 g/mol. The Morgan fingerprint density at radius 1 is 1.24 bits per heavy atom. The summed E-state index contributed by atoms with van der Waals surface area (Å²) in [6, 6.07) is 9.18. The molecule has 3 aromatic rings. The SMILES string of the molecule is Cn1cc(-n2ccc(=O)c(Cc3cccc(CC(=O)OCC4CCC4)c3)n2)cn1. The molecule has 1 aliphatic carbocycles. The van der Waals surface area contributed by atoms with Crippen LogP contribution in [0, 0.1) is 5.92 Å². The van der Waals surface area contributed by atoms with Gasteiger partial charge in [-0.05, 0) is 29.9 Å². The molecule has 0 radical (unpaired) electrons. The molecule has 0 spiro atoms. The molecule has 1 aromatic carbocycles. The number of esters is 1. The lowest BCUT2D eigenvalue weighted by atomic mass is 9.86. The fourth-order valence-corrected chi connectivity index (χ4v) is 3.37. The highest BCUT2D eigenvalue weighted by molar-refractivity contribution is 5.72. The Morgan fingerprint density at radius 2 is 2.07 bits per heavy atom. The van der Waals surface area contributed by atoms with E-state index in [9.17, 15) is 9.59 Å². The van der Waals surface area contributed by atoms with Crippen LogP contribution in [0.5, 0.6) is 0 Å². The Morgan fingerprint density at radius 3 is 2.79 bits per heavy atom. The first kappa shape index (κ1) is 19.1. The summed E-state index contributed by atoms with van der Waals surface area (Å²) in [4.78, 5) is 24.4. The van der Waals surface area contributed by atoms with Crippen molar-refractivity contribution in [2.45, 2.75) is 32.1 Å². The molecule has 0 saturated heterocycles. The molecule has 29 heavy (non-hydrogen) atoms. The van der Waals surface area contributed by atoms with Gasteiger partial charge in [0.15, 0.2) is 0 Å². The molecule has 150 valence electrons. The average Bonchev–Trinajstić information content (AvgIpc) is 3.09. The second-order valence-electron chi connectivity index (χ2n) is 7.60. The van der Waals surface area contributed by atoms with E-state index in [2.05, 4.69) is 10.2 Å². The van der Waals surface area contributed by atoms with E-state index < -0.39 is 0 Å². The van der Waals surface area contributed by atoms with E-state index in [-0.39, 0.29) is 17.8 Å². The van der Waals surface area contributed by atoms with Crippen molar-refractivity contribution < 1.29 is 9.53 Å². The maximum Gasteiger partial charge on any atom is 0.310 e. The van der Waals surface area contributed by atoms with Gasteiger partial charge in [-0.15, -0.1) is 0 Å². The van der Waals surface area contributed by atoms with Gasteiger partial charge in [0.2, 0.25) is 5.43 Å². The molecule has 0 atom stereocenters. The first-order valence-electron chi connectivity index (χ1n) is 9.88. The minimum absolute atomic E-state index is 0.115. The van der Waals surface area contributed by atoms with Gasteiger partial charge in [0.05, 0.1) is 25.4 Å². The lowest BCUT2D eigenvalue weighted by Crippen LogP contribution is -2.21. The van der Waals surface area contributed by atoms with E-state index in [4.69, 9.17) is 4.74 Å². The summed E-state index contributed by atoms with van der Waals surface area (Å²) in [5.74, 6) is 0.335. The Hall–Kier alpha value is -3.22. The molecule has 0 bridgehead atoms. The Bertz CT molecular complexity index is 1070. The highest BCUT2D eigenvalue weighted by Crippen LogP contribution is 2.26. The molecule has 0 aliphatic heterocycles. The topological polar surface area (TPSA) is 79.0 Å². The maximum absolute atomic E-state index is 12.3. The molecule has 7 nitrogen and oxygen atoms in total. The van der Waals surface area contributed by atoms with Crippen LogP contribution in [0.3, 0.4) is 0 Å². The van der Waals surface area contributed by atoms with E-state index in [1.807, 2.05) is 37.5 Å². The molecule has 1 aliphatic rings. The second-order valence-corrected chi connectivity index (χ2v) is 7.60. The first-order valence-corrected chi connectivity index (χ1v) is 9.88. The molecule has 1 fully saturated rings. The molecule has 2 heterocycles. The zero-order valence-corrected chi connectivity index (χ0v) is 16.5. The summed E-state index contributed by atoms with van der Waals surface area (Å²) in [6.07, 6.45) is 9.34. The number of aryl methyl sites for hydroxylation is 1. The summed E-state index contributed by atoms with van der Waals surface area (Å²) in [7, 11) is 1.83. The van der Waals surface area contributed by atoms with Crippen molar-refractivity contribution in [2.75, 3.05) is 6.61 Å². The van der Waals surface area contributed by atoms with Crippen LogP contribution in [-0.2, 0) is 29.4 Å². The highest BCUT2D eigenvalue weighted by Gasteiger charge is 2.19. The van der Waals surface area contributed by atoms with Crippen molar-refractivity contribution in [3.63, 3.8) is 0 Å². The van der Waals surface area contributed by atoms with Crippen LogP contribution >= 0.6 is 0 Å². The van der Waals surface area contributed by atoms with Gasteiger partial charge in [0.1, 0.15) is 11.4 Å². The number of nitrogens with zero attached hydrogens (tertiary/aromatic N) is 4. The molecule has 0 amide bonds. The largest absolute Gasteiger partial charge is 0.465 e. The predicted molar refractivity (Wildman–Crippen MR) is 108 cm³/mol. The summed E-state index contributed by atoms with van der Waals surface area (Å²) in [5.41, 5.74) is 2.93. The maximum atomic E-state index is 12.3. The monoisotopic (exact) mass is 392 g/mol. The third-order valence-electron chi connectivity index (χ3n) is 5.25. The standard InChI is InChI=1S/C22H24N4O3/c1-25-14-19(13-23-25)26-9-8-21(27)20(24-26)11-17-6-3-7-18(10-17)12-22(28)29-15-16-4-2-5-16/h3,6-10,13-14,16H,2,4-5,11-12,15H2,1H3. The normalized spacial score (nSPS) is 13.8. The Labute approximate surface area is 168 Å². The zero-order chi connectivity index (χ0) is 20.2. The van der Waals surface area contributed by atoms with Gasteiger partial charge in [-0.1, -0.05) is 30.7 Å². The van der Waals surface area contributed by atoms with Crippen LogP contribution in [0.1, 0.15) is 36.1 Å². The van der Waals surface area contributed by atoms with E-state index >= 15 is 0 Å². The third-order valence-corrected chi connectivity index (χ3v) is 5.25. The van der Waals surface area contributed by atoms with E-state index in [1.165, 1.54) is 12.5 Å². The lowest BCUT2D eigenvalue weighted by molar-refractivity contribution is -0.145. The summed E-state index contributed by atoms with van der Waals surface area (Å²) in [6.45, 7) is 0.528. The summed E-state index contributed by atoms with van der Waals surface area (Å²) >= 11 is 0. The van der Waals surface area contributed by atoms with Crippen molar-refractivity contribution in [2.24, 2.45) is 13.0 Å². The van der Waals surface area contributed by atoms with Crippen molar-refractivity contribution in [1.82, 2.24) is 19.6 Å². The van der Waals surface area contributed by atoms with Crippen LogP contribution in [-0.4, -0.2) is 32.1 Å². The predicted octanol–water partition coefficient (Wildman–Crippen LogP) is 2.44. The quantitative estimate of drug-likeness (QED) is 0.577. The number of benzene rings is 1. The lowest BCUT2D eigenvalue weighted by Gasteiger charge is -2.24. The third kappa shape index (κ3) is 4.80. The van der Waals surface area contributed by atoms with Crippen LogP contribution in [0.4, 0.5) is 0 Å². The van der Waals surface area contributed by atoms with Crippen LogP contribution < -0.4 is 5.43 Å². The number of carbonyl (C=O) groups excluding carboxylic acids is 1. The minimum atomic E-state index is -0.203. The molecule has 7 heteroatoms. The molecular formula is C22H24N4O3. The van der Waals surface area contributed by atoms with Crippen molar-refractivity contribution >= 4 is 5.97 Å². The van der Waals surface area contributed by atoms with Gasteiger partial charge in [0, 0.05) is 25.7 Å². The van der Waals surface area contributed by atoms with Gasteiger partial charge < -0.3 is 4.74 Å². The second kappa shape index (κ2) is 8.43. The van der Waals surface area contributed by atoms with Gasteiger partial charge in [0.25, 0.3) is 0 Å². The number of rotatable bonds is 7. The van der Waals surface area contributed by atoms with Crippen molar-refractivity contribution in [1.29, 1.82) is 0 Å². The number of carbonyl (C=O) groups is 1. The van der Waals surface area contributed by atoms with Gasteiger partial charge in [-0.25, -0.2) is 4.68 Å². The number of ether oxygens (including phenoxy) is 1. The van der Waals surface area contributed by atoms with E-state index in [0.717, 1.165) is 29.7 Å². The van der Waals surface area contributed by atoms with Crippen LogP contribution in [0.15, 0.2) is 53.7 Å². The number of hydrogen-bond donors (Lipinski definition) is 0. The molecule has 4 rings (SSSR count). The van der Waals surface area contributed by atoms with Gasteiger partial charge >= 0.3 is 5.97 Å². The minimum Gasteiger partial charge on any atom is -0.465 e. The molecule has 0 unspecified atom stereocenters. The Balaban J connectivity index is 1.44. The molecule has 2 aromatic heterocycles. The Kier molecular flexibility index (Phi) is 5.55. The summed E-state index contributed by atoms with van der Waals surface area (Å²) < 4.78 is 8.71.